The van der Waals surface area contributed by atoms with Crippen LogP contribution in [-0.2, 0) is 6.54 Å². The van der Waals surface area contributed by atoms with E-state index in [1.807, 2.05) is 12.1 Å². The highest BCUT2D eigenvalue weighted by Gasteiger charge is 2.28. The van der Waals surface area contributed by atoms with Crippen LogP contribution in [0.2, 0.25) is 0 Å². The molecular formula is C21H27F3N4O2. The van der Waals surface area contributed by atoms with E-state index in [4.69, 9.17) is 4.74 Å². The molecule has 1 heterocycles. The Labute approximate surface area is 174 Å². The molecule has 1 aromatic carbocycles. The van der Waals surface area contributed by atoms with E-state index in [2.05, 4.69) is 44.4 Å². The maximum atomic E-state index is 12.3. The molecular weight excluding hydrogens is 397 g/mol. The van der Waals surface area contributed by atoms with Gasteiger partial charge in [0, 0.05) is 32.4 Å². The van der Waals surface area contributed by atoms with E-state index < -0.39 is 12.8 Å². The van der Waals surface area contributed by atoms with Crippen LogP contribution in [0.15, 0.2) is 47.6 Å². The summed E-state index contributed by atoms with van der Waals surface area (Å²) in [6.45, 7) is 1.87. The first kappa shape index (κ1) is 23.3. The summed E-state index contributed by atoms with van der Waals surface area (Å²) in [7, 11) is 3.30. The Morgan fingerprint density at radius 1 is 1.17 bits per heavy atom. The third kappa shape index (κ3) is 8.18. The minimum atomic E-state index is -4.40. The number of nitrogens with one attached hydrogen (secondary N) is 2. The number of benzene rings is 1. The lowest BCUT2D eigenvalue weighted by molar-refractivity contribution is -0.154. The quantitative estimate of drug-likeness (QED) is 0.472. The van der Waals surface area contributed by atoms with Gasteiger partial charge in [-0.2, -0.15) is 13.2 Å². The lowest BCUT2D eigenvalue weighted by atomic mass is 9.98. The third-order valence-corrected chi connectivity index (χ3v) is 4.42. The van der Waals surface area contributed by atoms with E-state index in [0.29, 0.717) is 25.0 Å². The van der Waals surface area contributed by atoms with Gasteiger partial charge in [-0.15, -0.1) is 0 Å². The fraction of sp³-hybridized carbons (Fsp3) is 0.429. The van der Waals surface area contributed by atoms with Crippen LogP contribution < -0.4 is 20.1 Å². The smallest absolute Gasteiger partial charge is 0.422 e. The summed E-state index contributed by atoms with van der Waals surface area (Å²) in [6, 6.07) is 11.2. The van der Waals surface area contributed by atoms with Crippen molar-refractivity contribution >= 4 is 5.96 Å². The zero-order valence-electron chi connectivity index (χ0n) is 17.3. The first-order valence-electron chi connectivity index (χ1n) is 9.53. The number of methoxy groups -OCH3 is 1. The number of rotatable bonds is 9. The van der Waals surface area contributed by atoms with Gasteiger partial charge in [0.15, 0.2) is 12.6 Å². The van der Waals surface area contributed by atoms with Crippen molar-refractivity contribution < 1.29 is 22.6 Å². The minimum Gasteiger partial charge on any atom is -0.497 e. The van der Waals surface area contributed by atoms with Gasteiger partial charge in [-0.1, -0.05) is 19.1 Å². The van der Waals surface area contributed by atoms with Crippen molar-refractivity contribution in [3.8, 4) is 11.6 Å². The van der Waals surface area contributed by atoms with Crippen LogP contribution in [0.1, 0.15) is 30.4 Å². The monoisotopic (exact) mass is 424 g/mol. The van der Waals surface area contributed by atoms with E-state index in [1.54, 1.807) is 20.2 Å². The van der Waals surface area contributed by atoms with Crippen LogP contribution >= 0.6 is 0 Å². The van der Waals surface area contributed by atoms with Crippen molar-refractivity contribution in [3.05, 3.63) is 53.7 Å². The van der Waals surface area contributed by atoms with Gasteiger partial charge in [0.1, 0.15) is 5.75 Å². The number of pyridine rings is 1. The maximum absolute atomic E-state index is 12.3. The van der Waals surface area contributed by atoms with Crippen molar-refractivity contribution in [2.24, 2.45) is 4.99 Å². The Morgan fingerprint density at radius 2 is 1.90 bits per heavy atom. The summed E-state index contributed by atoms with van der Waals surface area (Å²) in [4.78, 5) is 7.96. The van der Waals surface area contributed by atoms with E-state index in [0.717, 1.165) is 17.7 Å². The van der Waals surface area contributed by atoms with E-state index in [1.165, 1.54) is 17.8 Å². The molecule has 0 aliphatic rings. The normalized spacial score (nSPS) is 12.9. The molecule has 2 N–H and O–H groups in total. The Morgan fingerprint density at radius 3 is 2.53 bits per heavy atom. The highest BCUT2D eigenvalue weighted by atomic mass is 19.4. The van der Waals surface area contributed by atoms with Gasteiger partial charge >= 0.3 is 6.18 Å². The molecule has 0 bridgehead atoms. The predicted octanol–water partition coefficient (Wildman–Crippen LogP) is 3.89. The average Bonchev–Trinajstić information content (AvgIpc) is 2.74. The maximum Gasteiger partial charge on any atom is 0.422 e. The molecule has 0 saturated heterocycles. The number of aliphatic imine (C=N–C) groups is 1. The Kier molecular flexibility index (Phi) is 8.76. The fourth-order valence-corrected chi connectivity index (χ4v) is 2.71. The molecule has 0 radical (unpaired) electrons. The largest absolute Gasteiger partial charge is 0.497 e. The zero-order chi connectivity index (χ0) is 22.0. The molecule has 30 heavy (non-hydrogen) atoms. The van der Waals surface area contributed by atoms with Gasteiger partial charge in [0.2, 0.25) is 5.88 Å². The lowest BCUT2D eigenvalue weighted by Gasteiger charge is -2.16. The zero-order valence-corrected chi connectivity index (χ0v) is 17.3. The SMILES string of the molecule is CN=C(NCCC(C)c1ccc(OC)cc1)NCc1ccnc(OCC(F)(F)F)c1. The Hall–Kier alpha value is -2.97. The van der Waals surface area contributed by atoms with Crippen LogP contribution in [-0.4, -0.2) is 44.4 Å². The van der Waals surface area contributed by atoms with Crippen LogP contribution in [0.25, 0.3) is 0 Å². The number of guanidine groups is 1. The van der Waals surface area contributed by atoms with E-state index in [-0.39, 0.29) is 5.88 Å². The topological polar surface area (TPSA) is 67.8 Å². The highest BCUT2D eigenvalue weighted by Crippen LogP contribution is 2.21. The molecule has 6 nitrogen and oxygen atoms in total. The van der Waals surface area contributed by atoms with Crippen molar-refractivity contribution in [2.45, 2.75) is 32.0 Å². The van der Waals surface area contributed by atoms with Gasteiger partial charge in [-0.05, 0) is 41.7 Å². The number of aromatic nitrogens is 1. The van der Waals surface area contributed by atoms with Crippen LogP contribution in [0, 0.1) is 0 Å². The van der Waals surface area contributed by atoms with Gasteiger partial charge in [0.05, 0.1) is 7.11 Å². The number of alkyl halides is 3. The van der Waals surface area contributed by atoms with Crippen molar-refractivity contribution in [2.75, 3.05) is 27.3 Å². The molecule has 1 atom stereocenters. The van der Waals surface area contributed by atoms with Crippen molar-refractivity contribution in [3.63, 3.8) is 0 Å². The Bertz CT molecular complexity index is 811. The molecule has 1 unspecified atom stereocenters. The average molecular weight is 424 g/mol. The summed E-state index contributed by atoms with van der Waals surface area (Å²) in [5.74, 6) is 1.72. The molecule has 0 aliphatic heterocycles. The first-order chi connectivity index (χ1) is 14.3. The predicted molar refractivity (Wildman–Crippen MR) is 110 cm³/mol. The van der Waals surface area contributed by atoms with E-state index in [9.17, 15) is 13.2 Å². The van der Waals surface area contributed by atoms with Gasteiger partial charge < -0.3 is 20.1 Å². The summed E-state index contributed by atoms with van der Waals surface area (Å²) >= 11 is 0. The number of hydrogen-bond acceptors (Lipinski definition) is 4. The summed E-state index contributed by atoms with van der Waals surface area (Å²) < 4.78 is 46.6. The molecule has 0 spiro atoms. The number of hydrogen-bond donors (Lipinski definition) is 2. The fourth-order valence-electron chi connectivity index (χ4n) is 2.71. The van der Waals surface area contributed by atoms with Crippen LogP contribution in [0.3, 0.4) is 0 Å². The highest BCUT2D eigenvalue weighted by molar-refractivity contribution is 5.79. The molecule has 9 heteroatoms. The second kappa shape index (κ2) is 11.3. The second-order valence-electron chi connectivity index (χ2n) is 6.72. The summed E-state index contributed by atoms with van der Waals surface area (Å²) in [5.41, 5.74) is 1.96. The van der Waals surface area contributed by atoms with Crippen molar-refractivity contribution in [1.29, 1.82) is 0 Å². The standard InChI is InChI=1S/C21H27F3N4O2/c1-15(17-4-6-18(29-3)7-5-17)8-10-27-20(25-2)28-13-16-9-11-26-19(12-16)30-14-21(22,23)24/h4-7,9,11-12,15H,8,10,13-14H2,1-3H3,(H2,25,27,28). The summed E-state index contributed by atoms with van der Waals surface area (Å²) in [6.07, 6.45) is -2.09. The van der Waals surface area contributed by atoms with Crippen LogP contribution in [0.5, 0.6) is 11.6 Å². The summed E-state index contributed by atoms with van der Waals surface area (Å²) in [5, 5.41) is 6.37. The molecule has 0 amide bonds. The molecule has 1 aromatic heterocycles. The molecule has 164 valence electrons. The van der Waals surface area contributed by atoms with Gasteiger partial charge in [-0.25, -0.2) is 4.98 Å². The van der Waals surface area contributed by atoms with E-state index >= 15 is 0 Å². The third-order valence-electron chi connectivity index (χ3n) is 4.42. The second-order valence-corrected chi connectivity index (χ2v) is 6.72. The molecule has 2 aromatic rings. The number of halogens is 3. The van der Waals surface area contributed by atoms with Gasteiger partial charge in [0.25, 0.3) is 0 Å². The molecule has 0 aliphatic carbocycles. The van der Waals surface area contributed by atoms with Gasteiger partial charge in [-0.3, -0.25) is 4.99 Å². The van der Waals surface area contributed by atoms with Crippen molar-refractivity contribution in [1.82, 2.24) is 15.6 Å². The molecule has 0 fully saturated rings. The molecule has 0 saturated carbocycles. The minimum absolute atomic E-state index is 0.0668. The van der Waals surface area contributed by atoms with Crippen LogP contribution in [0.4, 0.5) is 13.2 Å². The lowest BCUT2D eigenvalue weighted by Crippen LogP contribution is -2.37. The first-order valence-corrected chi connectivity index (χ1v) is 9.53. The Balaban J connectivity index is 1.78. The molecule has 2 rings (SSSR count). The number of nitrogens with zero attached hydrogens (tertiary/aromatic N) is 2. The number of ether oxygens (including phenoxy) is 2.